The van der Waals surface area contributed by atoms with Crippen molar-refractivity contribution in [1.82, 2.24) is 4.72 Å². The maximum Gasteiger partial charge on any atom is 0.0852 e. The fourth-order valence-electron chi connectivity index (χ4n) is 0.237. The van der Waals surface area contributed by atoms with Crippen molar-refractivity contribution in [3.63, 3.8) is 0 Å². The summed E-state index contributed by atoms with van der Waals surface area (Å²) in [4.78, 5) is 0. The van der Waals surface area contributed by atoms with Crippen LogP contribution in [0.3, 0.4) is 0 Å². The van der Waals surface area contributed by atoms with Gasteiger partial charge in [0.2, 0.25) is 0 Å². The summed E-state index contributed by atoms with van der Waals surface area (Å²) < 4.78 is 21.5. The van der Waals surface area contributed by atoms with Crippen LogP contribution in [0.5, 0.6) is 0 Å². The predicted octanol–water partition coefficient (Wildman–Crippen LogP) is -1.08. The molecule has 0 spiro atoms. The molecule has 2 N–H and O–H groups in total. The minimum atomic E-state index is -2.30. The third-order valence-corrected chi connectivity index (χ3v) is 1.08. The summed E-state index contributed by atoms with van der Waals surface area (Å²) in [7, 11) is 0. The Labute approximate surface area is 56.0 Å². The van der Waals surface area contributed by atoms with E-state index in [1.807, 2.05) is 4.72 Å². The molecule has 0 heterocycles. The van der Waals surface area contributed by atoms with E-state index in [0.717, 1.165) is 0 Å². The van der Waals surface area contributed by atoms with Gasteiger partial charge >= 0.3 is 0 Å². The summed E-state index contributed by atoms with van der Waals surface area (Å²) in [6, 6.07) is 0. The first-order valence-electron chi connectivity index (χ1n) is 2.30. The molecule has 54 valence electrons. The van der Waals surface area contributed by atoms with Gasteiger partial charge in [-0.3, -0.25) is 4.21 Å². The molecular formula is C4H8NO3S-. The molecule has 0 radical (unpaired) electrons. The number of hydrogen-bond donors (Lipinski definition) is 2. The Morgan fingerprint density at radius 1 is 2.00 bits per heavy atom. The second-order valence-electron chi connectivity index (χ2n) is 1.39. The largest absolute Gasteiger partial charge is 0.760 e. The highest BCUT2D eigenvalue weighted by molar-refractivity contribution is 7.77. The van der Waals surface area contributed by atoms with Gasteiger partial charge in [0.1, 0.15) is 0 Å². The van der Waals surface area contributed by atoms with E-state index in [1.54, 1.807) is 0 Å². The number of nitrogens with one attached hydrogen (secondary N) is 1. The SMILES string of the molecule is C=CC(O)CNS(=O)[O-]. The Balaban J connectivity index is 3.26. The van der Waals surface area contributed by atoms with Crippen molar-refractivity contribution >= 4 is 11.3 Å². The molecule has 0 saturated heterocycles. The van der Waals surface area contributed by atoms with Gasteiger partial charge < -0.3 is 9.66 Å². The zero-order valence-electron chi connectivity index (χ0n) is 4.74. The fraction of sp³-hybridized carbons (Fsp3) is 0.500. The quantitative estimate of drug-likeness (QED) is 0.395. The number of hydrogen-bond acceptors (Lipinski definition) is 3. The molecule has 0 saturated carbocycles. The number of aliphatic hydroxyl groups is 1. The first kappa shape index (κ1) is 8.77. The van der Waals surface area contributed by atoms with Gasteiger partial charge in [0.05, 0.1) is 6.10 Å². The smallest absolute Gasteiger partial charge is 0.0852 e. The zero-order valence-corrected chi connectivity index (χ0v) is 5.56. The van der Waals surface area contributed by atoms with Crippen LogP contribution in [0.15, 0.2) is 12.7 Å². The lowest BCUT2D eigenvalue weighted by Crippen LogP contribution is -2.26. The van der Waals surface area contributed by atoms with Crippen molar-refractivity contribution < 1.29 is 13.9 Å². The van der Waals surface area contributed by atoms with Crippen molar-refractivity contribution in [3.8, 4) is 0 Å². The van der Waals surface area contributed by atoms with Crippen molar-refractivity contribution in [2.75, 3.05) is 6.54 Å². The Hall–Kier alpha value is -0.230. The molecule has 4 nitrogen and oxygen atoms in total. The molecular weight excluding hydrogens is 142 g/mol. The first-order valence-corrected chi connectivity index (χ1v) is 3.37. The van der Waals surface area contributed by atoms with E-state index >= 15 is 0 Å². The highest BCUT2D eigenvalue weighted by Crippen LogP contribution is 1.79. The minimum absolute atomic E-state index is 0.0143. The average molecular weight is 150 g/mol. The number of aliphatic hydroxyl groups excluding tert-OH is 1. The van der Waals surface area contributed by atoms with Crippen LogP contribution in [0, 0.1) is 0 Å². The summed E-state index contributed by atoms with van der Waals surface area (Å²) >= 11 is -2.30. The zero-order chi connectivity index (χ0) is 7.28. The monoisotopic (exact) mass is 150 g/mol. The Bertz CT molecular complexity index is 116. The molecule has 0 aromatic heterocycles. The topological polar surface area (TPSA) is 72.4 Å². The predicted molar refractivity (Wildman–Crippen MR) is 33.1 cm³/mol. The second kappa shape index (κ2) is 4.63. The molecule has 2 atom stereocenters. The van der Waals surface area contributed by atoms with E-state index in [1.165, 1.54) is 6.08 Å². The normalized spacial score (nSPS) is 16.7. The van der Waals surface area contributed by atoms with E-state index in [4.69, 9.17) is 5.11 Å². The van der Waals surface area contributed by atoms with Gasteiger partial charge in [-0.2, -0.15) is 0 Å². The maximum atomic E-state index is 9.76. The highest BCUT2D eigenvalue weighted by Gasteiger charge is 1.93. The first-order chi connectivity index (χ1) is 4.16. The van der Waals surface area contributed by atoms with Gasteiger partial charge in [0.15, 0.2) is 0 Å². The van der Waals surface area contributed by atoms with Crippen molar-refractivity contribution in [2.24, 2.45) is 0 Å². The van der Waals surface area contributed by atoms with Crippen LogP contribution >= 0.6 is 0 Å². The van der Waals surface area contributed by atoms with E-state index in [-0.39, 0.29) is 6.54 Å². The average Bonchev–Trinajstić information content (AvgIpc) is 1.83. The van der Waals surface area contributed by atoms with Crippen LogP contribution in [0.1, 0.15) is 0 Å². The van der Waals surface area contributed by atoms with E-state index in [0.29, 0.717) is 0 Å². The Morgan fingerprint density at radius 3 is 2.89 bits per heavy atom. The van der Waals surface area contributed by atoms with Crippen LogP contribution in [0.2, 0.25) is 0 Å². The molecule has 0 bridgehead atoms. The molecule has 0 aromatic rings. The lowest BCUT2D eigenvalue weighted by atomic mass is 10.4. The molecule has 0 rings (SSSR count). The second-order valence-corrected chi connectivity index (χ2v) is 2.14. The van der Waals surface area contributed by atoms with Crippen LogP contribution in [-0.4, -0.2) is 26.5 Å². The minimum Gasteiger partial charge on any atom is -0.760 e. The van der Waals surface area contributed by atoms with Gasteiger partial charge in [-0.15, -0.1) is 6.58 Å². The number of rotatable bonds is 4. The van der Waals surface area contributed by atoms with Crippen LogP contribution in [-0.2, 0) is 11.3 Å². The Morgan fingerprint density at radius 2 is 2.56 bits per heavy atom. The van der Waals surface area contributed by atoms with Crippen LogP contribution in [0.25, 0.3) is 0 Å². The van der Waals surface area contributed by atoms with Crippen LogP contribution < -0.4 is 4.72 Å². The van der Waals surface area contributed by atoms with Crippen LogP contribution in [0.4, 0.5) is 0 Å². The van der Waals surface area contributed by atoms with E-state index in [2.05, 4.69) is 6.58 Å². The molecule has 2 unspecified atom stereocenters. The lowest BCUT2D eigenvalue weighted by Gasteiger charge is -2.08. The van der Waals surface area contributed by atoms with Gasteiger partial charge in [-0.1, -0.05) is 6.08 Å². The summed E-state index contributed by atoms with van der Waals surface area (Å²) in [6.45, 7) is 3.23. The summed E-state index contributed by atoms with van der Waals surface area (Å²) in [6.07, 6.45) is 0.447. The van der Waals surface area contributed by atoms with Gasteiger partial charge in [-0.25, -0.2) is 4.72 Å². The third-order valence-electron chi connectivity index (χ3n) is 0.682. The third kappa shape index (κ3) is 5.64. The molecule has 0 aliphatic heterocycles. The molecule has 0 fully saturated rings. The van der Waals surface area contributed by atoms with Gasteiger partial charge in [0, 0.05) is 17.8 Å². The Kier molecular flexibility index (Phi) is 4.51. The molecule has 0 aliphatic carbocycles. The summed E-state index contributed by atoms with van der Waals surface area (Å²) in [5, 5.41) is 8.65. The van der Waals surface area contributed by atoms with Crippen molar-refractivity contribution in [1.29, 1.82) is 0 Å². The summed E-state index contributed by atoms with van der Waals surface area (Å²) in [5.41, 5.74) is 0. The molecule has 9 heavy (non-hydrogen) atoms. The highest BCUT2D eigenvalue weighted by atomic mass is 32.2. The molecule has 0 aromatic carbocycles. The van der Waals surface area contributed by atoms with Crippen molar-refractivity contribution in [2.45, 2.75) is 6.10 Å². The lowest BCUT2D eigenvalue weighted by molar-refractivity contribution is 0.226. The van der Waals surface area contributed by atoms with E-state index < -0.39 is 17.4 Å². The van der Waals surface area contributed by atoms with Gasteiger partial charge in [0.25, 0.3) is 0 Å². The van der Waals surface area contributed by atoms with E-state index in [9.17, 15) is 8.76 Å². The van der Waals surface area contributed by atoms with Crippen molar-refractivity contribution in [3.05, 3.63) is 12.7 Å². The van der Waals surface area contributed by atoms with Gasteiger partial charge in [-0.05, 0) is 0 Å². The molecule has 0 amide bonds. The standard InChI is InChI=1S/C4H9NO3S/c1-2-4(6)3-5-9(7)8/h2,4-6H,1,3H2,(H,7,8)/p-1. The summed E-state index contributed by atoms with van der Waals surface area (Å²) in [5.74, 6) is 0. The maximum absolute atomic E-state index is 9.76. The molecule has 0 aliphatic rings. The fourth-order valence-corrected chi connectivity index (χ4v) is 0.544. The molecule has 5 heteroatoms.